The summed E-state index contributed by atoms with van der Waals surface area (Å²) in [5.41, 5.74) is 0.543. The largest absolute Gasteiger partial charge is 0.336 e. The number of rotatable bonds is 5. The van der Waals surface area contributed by atoms with Crippen LogP contribution < -0.4 is 5.32 Å². The minimum absolute atomic E-state index is 0.0298. The zero-order valence-corrected chi connectivity index (χ0v) is 13.4. The Labute approximate surface area is 130 Å². The maximum absolute atomic E-state index is 13.8. The second-order valence-electron chi connectivity index (χ2n) is 6.26. The van der Waals surface area contributed by atoms with Gasteiger partial charge in [0.25, 0.3) is 0 Å². The van der Waals surface area contributed by atoms with Crippen molar-refractivity contribution in [3.8, 4) is 0 Å². The Kier molecular flexibility index (Phi) is 5.01. The van der Waals surface area contributed by atoms with Gasteiger partial charge < -0.3 is 9.88 Å². The van der Waals surface area contributed by atoms with Crippen LogP contribution in [0.4, 0.5) is 4.39 Å². The van der Waals surface area contributed by atoms with E-state index in [1.807, 2.05) is 10.8 Å². The maximum atomic E-state index is 13.8. The predicted molar refractivity (Wildman–Crippen MR) is 83.7 cm³/mol. The lowest BCUT2D eigenvalue weighted by Crippen LogP contribution is -2.43. The summed E-state index contributed by atoms with van der Waals surface area (Å²) in [7, 11) is 0. The first-order valence-electron chi connectivity index (χ1n) is 7.00. The van der Waals surface area contributed by atoms with E-state index in [-0.39, 0.29) is 17.3 Å². The molecule has 0 fully saturated rings. The molecule has 0 aliphatic carbocycles. The van der Waals surface area contributed by atoms with Crippen LogP contribution >= 0.6 is 11.6 Å². The smallest absolute Gasteiger partial charge is 0.129 e. The van der Waals surface area contributed by atoms with Crippen LogP contribution in [0.2, 0.25) is 5.02 Å². The van der Waals surface area contributed by atoms with Crippen LogP contribution in [0.1, 0.15) is 26.3 Å². The van der Waals surface area contributed by atoms with Gasteiger partial charge in [-0.25, -0.2) is 9.37 Å². The number of hydrogen-bond donors (Lipinski definition) is 1. The van der Waals surface area contributed by atoms with Crippen molar-refractivity contribution in [3.63, 3.8) is 0 Å². The predicted octanol–water partition coefficient (Wildman–Crippen LogP) is 3.88. The number of benzene rings is 1. The Morgan fingerprint density at radius 2 is 2.14 bits per heavy atom. The summed E-state index contributed by atoms with van der Waals surface area (Å²) >= 11 is 6.07. The summed E-state index contributed by atoms with van der Waals surface area (Å²) < 4.78 is 15.9. The van der Waals surface area contributed by atoms with Gasteiger partial charge in [-0.2, -0.15) is 0 Å². The van der Waals surface area contributed by atoms with Crippen molar-refractivity contribution in [1.29, 1.82) is 0 Å². The molecule has 1 N–H and O–H groups in total. The molecule has 0 saturated carbocycles. The van der Waals surface area contributed by atoms with Gasteiger partial charge in [-0.3, -0.25) is 0 Å². The number of halogens is 2. The number of nitrogens with zero attached hydrogens (tertiary/aromatic N) is 2. The molecule has 0 bridgehead atoms. The quantitative estimate of drug-likeness (QED) is 0.908. The summed E-state index contributed by atoms with van der Waals surface area (Å²) in [6.45, 7) is 7.65. The van der Waals surface area contributed by atoms with Crippen LogP contribution in [0.15, 0.2) is 36.9 Å². The Morgan fingerprint density at radius 1 is 1.38 bits per heavy atom. The van der Waals surface area contributed by atoms with Crippen LogP contribution in [0, 0.1) is 11.2 Å². The Hall–Kier alpha value is -1.39. The zero-order valence-electron chi connectivity index (χ0n) is 12.6. The molecule has 21 heavy (non-hydrogen) atoms. The molecule has 0 saturated heterocycles. The van der Waals surface area contributed by atoms with Crippen molar-refractivity contribution < 1.29 is 4.39 Å². The number of aromatic nitrogens is 2. The molecular weight excluding hydrogens is 289 g/mol. The molecular formula is C16H21ClFN3. The van der Waals surface area contributed by atoms with Gasteiger partial charge in [0.1, 0.15) is 5.82 Å². The van der Waals surface area contributed by atoms with Crippen LogP contribution in [0.5, 0.6) is 0 Å². The molecule has 1 atom stereocenters. The first-order chi connectivity index (χ1) is 9.88. The van der Waals surface area contributed by atoms with E-state index in [0.717, 1.165) is 6.54 Å². The topological polar surface area (TPSA) is 29.9 Å². The summed E-state index contributed by atoms with van der Waals surface area (Å²) in [5.74, 6) is -0.273. The molecule has 0 aliphatic heterocycles. The highest BCUT2D eigenvalue weighted by Gasteiger charge is 2.25. The highest BCUT2D eigenvalue weighted by Crippen LogP contribution is 2.23. The number of hydrogen-bond acceptors (Lipinski definition) is 2. The third kappa shape index (κ3) is 4.29. The van der Waals surface area contributed by atoms with Gasteiger partial charge in [0.15, 0.2) is 0 Å². The molecule has 1 aromatic heterocycles. The second kappa shape index (κ2) is 6.58. The van der Waals surface area contributed by atoms with Crippen molar-refractivity contribution in [3.05, 3.63) is 53.3 Å². The molecule has 2 rings (SSSR count). The Bertz CT molecular complexity index is 555. The van der Waals surface area contributed by atoms with Crippen LogP contribution in [0.25, 0.3) is 0 Å². The van der Waals surface area contributed by atoms with Crippen LogP contribution in [0.3, 0.4) is 0 Å². The fraction of sp³-hybridized carbons (Fsp3) is 0.438. The molecule has 3 nitrogen and oxygen atoms in total. The van der Waals surface area contributed by atoms with E-state index in [0.29, 0.717) is 17.1 Å². The average molecular weight is 310 g/mol. The minimum atomic E-state index is -0.273. The van der Waals surface area contributed by atoms with Gasteiger partial charge >= 0.3 is 0 Å². The van der Waals surface area contributed by atoms with E-state index in [1.165, 1.54) is 6.07 Å². The third-order valence-corrected chi connectivity index (χ3v) is 3.94. The third-order valence-electron chi connectivity index (χ3n) is 3.58. The van der Waals surface area contributed by atoms with E-state index in [2.05, 4.69) is 31.1 Å². The molecule has 0 aliphatic rings. The van der Waals surface area contributed by atoms with Gasteiger partial charge in [0.05, 0.1) is 6.33 Å². The summed E-state index contributed by atoms with van der Waals surface area (Å²) in [5, 5.41) is 3.88. The lowest BCUT2D eigenvalue weighted by atomic mass is 9.86. The van der Waals surface area contributed by atoms with Crippen molar-refractivity contribution in [2.45, 2.75) is 39.9 Å². The molecule has 1 heterocycles. The maximum Gasteiger partial charge on any atom is 0.129 e. The fourth-order valence-corrected chi connectivity index (χ4v) is 2.41. The monoisotopic (exact) mass is 309 g/mol. The molecule has 0 radical (unpaired) electrons. The highest BCUT2D eigenvalue weighted by atomic mass is 35.5. The lowest BCUT2D eigenvalue weighted by molar-refractivity contribution is 0.239. The minimum Gasteiger partial charge on any atom is -0.336 e. The average Bonchev–Trinajstić information content (AvgIpc) is 2.88. The fourth-order valence-electron chi connectivity index (χ4n) is 2.18. The molecule has 1 unspecified atom stereocenters. The van der Waals surface area contributed by atoms with Gasteiger partial charge in [0.2, 0.25) is 0 Å². The van der Waals surface area contributed by atoms with Gasteiger partial charge in [-0.15, -0.1) is 0 Å². The Balaban J connectivity index is 2.09. The summed E-state index contributed by atoms with van der Waals surface area (Å²) in [6, 6.07) is 4.94. The van der Waals surface area contributed by atoms with E-state index in [9.17, 15) is 4.39 Å². The van der Waals surface area contributed by atoms with E-state index < -0.39 is 0 Å². The van der Waals surface area contributed by atoms with Gasteiger partial charge in [0, 0.05) is 42.1 Å². The van der Waals surface area contributed by atoms with Crippen molar-refractivity contribution >= 4 is 11.6 Å². The molecule has 0 amide bonds. The van der Waals surface area contributed by atoms with Crippen LogP contribution in [-0.4, -0.2) is 15.6 Å². The number of nitrogens with one attached hydrogen (secondary N) is 1. The van der Waals surface area contributed by atoms with Crippen molar-refractivity contribution in [2.24, 2.45) is 5.41 Å². The van der Waals surface area contributed by atoms with E-state index in [1.54, 1.807) is 24.7 Å². The lowest BCUT2D eigenvalue weighted by Gasteiger charge is -2.32. The summed E-state index contributed by atoms with van der Waals surface area (Å²) in [6.07, 6.45) is 5.47. The zero-order chi connectivity index (χ0) is 15.5. The first-order valence-corrected chi connectivity index (χ1v) is 7.38. The summed E-state index contributed by atoms with van der Waals surface area (Å²) in [4.78, 5) is 4.06. The first kappa shape index (κ1) is 16.0. The van der Waals surface area contributed by atoms with E-state index >= 15 is 0 Å². The molecule has 2 aromatic rings. The molecule has 1 aromatic carbocycles. The van der Waals surface area contributed by atoms with Gasteiger partial charge in [-0.1, -0.05) is 38.4 Å². The van der Waals surface area contributed by atoms with E-state index in [4.69, 9.17) is 11.6 Å². The normalized spacial score (nSPS) is 13.4. The molecule has 114 valence electrons. The highest BCUT2D eigenvalue weighted by molar-refractivity contribution is 6.31. The number of imidazole rings is 1. The standard InChI is InChI=1S/C16H21ClFN3/c1-16(2,3)15(10-21-8-7-19-11-21)20-9-12-13(17)5-4-6-14(12)18/h4-8,11,15,20H,9-10H2,1-3H3. The van der Waals surface area contributed by atoms with Crippen molar-refractivity contribution in [1.82, 2.24) is 14.9 Å². The van der Waals surface area contributed by atoms with Crippen LogP contribution in [-0.2, 0) is 13.1 Å². The Morgan fingerprint density at radius 3 is 2.71 bits per heavy atom. The molecule has 0 spiro atoms. The SMILES string of the molecule is CC(C)(C)C(Cn1ccnc1)NCc1c(F)cccc1Cl. The van der Waals surface area contributed by atoms with Gasteiger partial charge in [-0.05, 0) is 17.5 Å². The van der Waals surface area contributed by atoms with Crippen molar-refractivity contribution in [2.75, 3.05) is 0 Å². The molecule has 5 heteroatoms. The second-order valence-corrected chi connectivity index (χ2v) is 6.67.